The van der Waals surface area contributed by atoms with Gasteiger partial charge in [-0.3, -0.25) is 4.79 Å². The van der Waals surface area contributed by atoms with Crippen molar-refractivity contribution in [2.24, 2.45) is 11.3 Å². The summed E-state index contributed by atoms with van der Waals surface area (Å²) in [7, 11) is 0. The predicted octanol–water partition coefficient (Wildman–Crippen LogP) is 2.50. The van der Waals surface area contributed by atoms with Gasteiger partial charge < -0.3 is 24.4 Å². The Balaban J connectivity index is 1.75. The smallest absolute Gasteiger partial charge is 0.302 e. The number of hydrogen-bond acceptors (Lipinski definition) is 6. The first-order chi connectivity index (χ1) is 13.0. The minimum atomic E-state index is -0.916. The van der Waals surface area contributed by atoms with E-state index in [-0.39, 0.29) is 36.8 Å². The first-order valence-corrected chi connectivity index (χ1v) is 10.5. The monoisotopic (exact) mass is 394 g/mol. The van der Waals surface area contributed by atoms with Crippen LogP contribution in [0.4, 0.5) is 0 Å². The van der Waals surface area contributed by atoms with Crippen molar-refractivity contribution in [1.82, 2.24) is 0 Å². The average Bonchev–Trinajstić information content (AvgIpc) is 3.43. The van der Waals surface area contributed by atoms with Crippen LogP contribution in [0.15, 0.2) is 12.2 Å². The summed E-state index contributed by atoms with van der Waals surface area (Å²) in [5.41, 5.74) is -1.46. The Morgan fingerprint density at radius 1 is 1.32 bits per heavy atom. The minimum Gasteiger partial charge on any atom is -0.462 e. The Morgan fingerprint density at radius 2 is 2.04 bits per heavy atom. The third-order valence-corrected chi connectivity index (χ3v) is 7.93. The molecule has 2 aliphatic heterocycles. The van der Waals surface area contributed by atoms with Crippen LogP contribution in [0.3, 0.4) is 0 Å². The molecule has 0 aromatic rings. The molecule has 4 aliphatic rings. The van der Waals surface area contributed by atoms with Crippen molar-refractivity contribution in [3.05, 3.63) is 12.2 Å². The molecule has 2 saturated heterocycles. The maximum Gasteiger partial charge on any atom is 0.302 e. The van der Waals surface area contributed by atoms with Gasteiger partial charge >= 0.3 is 5.97 Å². The van der Waals surface area contributed by atoms with Crippen LogP contribution < -0.4 is 0 Å². The van der Waals surface area contributed by atoms with Gasteiger partial charge in [-0.1, -0.05) is 19.1 Å². The van der Waals surface area contributed by atoms with E-state index in [0.717, 1.165) is 31.3 Å². The zero-order chi connectivity index (χ0) is 20.5. The first-order valence-electron chi connectivity index (χ1n) is 10.5. The molecule has 2 heterocycles. The lowest BCUT2D eigenvalue weighted by Crippen LogP contribution is -2.52. The maximum absolute atomic E-state index is 11.9. The molecule has 7 atom stereocenters. The Bertz CT molecular complexity index is 683. The lowest BCUT2D eigenvalue weighted by molar-refractivity contribution is -0.157. The summed E-state index contributed by atoms with van der Waals surface area (Å²) in [5.74, 6) is -0.374. The van der Waals surface area contributed by atoms with E-state index in [1.54, 1.807) is 0 Å². The molecule has 0 bridgehead atoms. The lowest BCUT2D eigenvalue weighted by atomic mass is 9.65. The Labute approximate surface area is 167 Å². The fourth-order valence-electron chi connectivity index (χ4n) is 6.31. The summed E-state index contributed by atoms with van der Waals surface area (Å²) in [4.78, 5) is 11.9. The SMILES string of the molecule is C=C1CC[C@H]2O[C@]2(CO)C[C@@H]2O[C@@]23[C@H](C(C)(C)O)CC[C@@]3(C)[C@@H](OC(C)=O)C1. The molecule has 0 aromatic heterocycles. The number of esters is 1. The van der Waals surface area contributed by atoms with Gasteiger partial charge in [0.2, 0.25) is 0 Å². The van der Waals surface area contributed by atoms with E-state index in [2.05, 4.69) is 13.5 Å². The molecular formula is C22H34O6. The van der Waals surface area contributed by atoms with Crippen LogP contribution in [0.1, 0.15) is 66.2 Å². The molecule has 28 heavy (non-hydrogen) atoms. The van der Waals surface area contributed by atoms with Crippen LogP contribution in [0.25, 0.3) is 0 Å². The molecule has 2 aliphatic carbocycles. The third kappa shape index (κ3) is 2.87. The molecule has 0 aromatic carbocycles. The van der Waals surface area contributed by atoms with E-state index in [1.807, 2.05) is 13.8 Å². The molecule has 2 N–H and O–H groups in total. The van der Waals surface area contributed by atoms with Gasteiger partial charge in [-0.05, 0) is 39.5 Å². The number of aliphatic hydroxyl groups excluding tert-OH is 1. The number of rotatable bonds is 3. The third-order valence-electron chi connectivity index (χ3n) is 7.93. The van der Waals surface area contributed by atoms with E-state index in [9.17, 15) is 15.0 Å². The van der Waals surface area contributed by atoms with Gasteiger partial charge in [0, 0.05) is 31.1 Å². The number of aliphatic hydroxyl groups is 2. The Morgan fingerprint density at radius 3 is 2.64 bits per heavy atom. The second-order valence-corrected chi connectivity index (χ2v) is 10.2. The van der Waals surface area contributed by atoms with E-state index >= 15 is 0 Å². The van der Waals surface area contributed by atoms with Gasteiger partial charge in [-0.15, -0.1) is 0 Å². The van der Waals surface area contributed by atoms with E-state index < -0.39 is 22.2 Å². The summed E-state index contributed by atoms with van der Waals surface area (Å²) < 4.78 is 18.2. The highest BCUT2D eigenvalue weighted by Crippen LogP contribution is 2.70. The molecule has 0 unspecified atom stereocenters. The molecule has 6 nitrogen and oxygen atoms in total. The summed E-state index contributed by atoms with van der Waals surface area (Å²) in [6, 6.07) is 0. The molecule has 1 spiro atoms. The number of hydrogen-bond donors (Lipinski definition) is 2. The number of ether oxygens (including phenoxy) is 3. The average molecular weight is 395 g/mol. The highest BCUT2D eigenvalue weighted by molar-refractivity contribution is 5.66. The van der Waals surface area contributed by atoms with Gasteiger partial charge in [0.05, 0.1) is 24.4 Å². The first kappa shape index (κ1) is 20.3. The Hall–Kier alpha value is -0.950. The van der Waals surface area contributed by atoms with Crippen molar-refractivity contribution in [3.63, 3.8) is 0 Å². The highest BCUT2D eigenvalue weighted by Gasteiger charge is 2.79. The van der Waals surface area contributed by atoms with Gasteiger partial charge in [-0.2, -0.15) is 0 Å². The van der Waals surface area contributed by atoms with Crippen molar-refractivity contribution in [2.75, 3.05) is 6.61 Å². The molecule has 4 rings (SSSR count). The van der Waals surface area contributed by atoms with Crippen LogP contribution in [0, 0.1) is 11.3 Å². The van der Waals surface area contributed by atoms with Crippen molar-refractivity contribution >= 4 is 5.97 Å². The predicted molar refractivity (Wildman–Crippen MR) is 103 cm³/mol. The topological polar surface area (TPSA) is 91.8 Å². The highest BCUT2D eigenvalue weighted by atomic mass is 16.6. The van der Waals surface area contributed by atoms with Crippen LogP contribution in [0.5, 0.6) is 0 Å². The lowest BCUT2D eigenvalue weighted by Gasteiger charge is -2.41. The summed E-state index contributed by atoms with van der Waals surface area (Å²) >= 11 is 0. The summed E-state index contributed by atoms with van der Waals surface area (Å²) in [6.45, 7) is 11.4. The zero-order valence-corrected chi connectivity index (χ0v) is 17.5. The van der Waals surface area contributed by atoms with Crippen LogP contribution >= 0.6 is 0 Å². The number of carbonyl (C=O) groups is 1. The van der Waals surface area contributed by atoms with Crippen molar-refractivity contribution in [2.45, 2.75) is 101 Å². The van der Waals surface area contributed by atoms with Crippen molar-refractivity contribution in [1.29, 1.82) is 0 Å². The van der Waals surface area contributed by atoms with Crippen LogP contribution in [-0.4, -0.2) is 57.9 Å². The molecule has 6 heteroatoms. The maximum atomic E-state index is 11.9. The second kappa shape index (κ2) is 6.27. The van der Waals surface area contributed by atoms with E-state index in [0.29, 0.717) is 12.8 Å². The largest absolute Gasteiger partial charge is 0.462 e. The minimum absolute atomic E-state index is 0.00835. The van der Waals surface area contributed by atoms with Gasteiger partial charge in [0.25, 0.3) is 0 Å². The molecule has 0 amide bonds. The standard InChI is InChI=1S/C22H34O6/c1-13-6-7-16-21(12-23,27-16)11-18-22(28-18)15(19(3,4)25)8-9-20(22,5)17(10-13)26-14(2)24/h15-18,23,25H,1,6-12H2,2-5H3/t15-,16+,17-,18-,20-,21-,22-/m0/s1. The zero-order valence-electron chi connectivity index (χ0n) is 17.5. The number of fused-ring (bicyclic) bond motifs is 1. The molecule has 2 saturated carbocycles. The fourth-order valence-corrected chi connectivity index (χ4v) is 6.31. The van der Waals surface area contributed by atoms with Crippen molar-refractivity contribution < 1.29 is 29.2 Å². The van der Waals surface area contributed by atoms with E-state index in [4.69, 9.17) is 14.2 Å². The summed E-state index contributed by atoms with van der Waals surface area (Å²) in [6.07, 6.45) is 3.94. The quantitative estimate of drug-likeness (QED) is 0.434. The second-order valence-electron chi connectivity index (χ2n) is 10.2. The molecule has 0 radical (unpaired) electrons. The van der Waals surface area contributed by atoms with Crippen molar-refractivity contribution in [3.8, 4) is 0 Å². The van der Waals surface area contributed by atoms with E-state index in [1.165, 1.54) is 6.92 Å². The van der Waals surface area contributed by atoms with Crippen LogP contribution in [-0.2, 0) is 19.0 Å². The molecule has 158 valence electrons. The Kier molecular flexibility index (Phi) is 4.55. The van der Waals surface area contributed by atoms with Gasteiger partial charge in [-0.25, -0.2) is 0 Å². The summed E-state index contributed by atoms with van der Waals surface area (Å²) in [5, 5.41) is 21.0. The molecular weight excluding hydrogens is 360 g/mol. The number of carbonyl (C=O) groups excluding carboxylic acids is 1. The fraction of sp³-hybridized carbons (Fsp3) is 0.864. The molecule has 4 fully saturated rings. The normalized spacial score (nSPS) is 48.0. The van der Waals surface area contributed by atoms with Crippen LogP contribution in [0.2, 0.25) is 0 Å². The number of epoxide rings is 2. The van der Waals surface area contributed by atoms with Gasteiger partial charge in [0.1, 0.15) is 17.3 Å². The van der Waals surface area contributed by atoms with Gasteiger partial charge in [0.15, 0.2) is 0 Å².